The number of nitriles is 1. The highest BCUT2D eigenvalue weighted by molar-refractivity contribution is 5.85. The van der Waals surface area contributed by atoms with Crippen molar-refractivity contribution >= 4 is 5.91 Å². The van der Waals surface area contributed by atoms with Crippen LogP contribution in [0, 0.1) is 22.7 Å². The van der Waals surface area contributed by atoms with E-state index in [-0.39, 0.29) is 5.91 Å². The van der Waals surface area contributed by atoms with E-state index in [1.807, 2.05) is 0 Å². The fourth-order valence-electron chi connectivity index (χ4n) is 3.38. The van der Waals surface area contributed by atoms with Crippen LogP contribution < -0.4 is 5.32 Å². The first-order valence-electron chi connectivity index (χ1n) is 7.40. The van der Waals surface area contributed by atoms with Crippen LogP contribution in [0.3, 0.4) is 0 Å². The van der Waals surface area contributed by atoms with Gasteiger partial charge >= 0.3 is 0 Å². The predicted octanol–water partition coefficient (Wildman–Crippen LogP) is 3.16. The first kappa shape index (κ1) is 13.4. The molecule has 2 rings (SSSR count). The molecule has 0 aromatic carbocycles. The number of hydrogen-bond acceptors (Lipinski definition) is 2. The number of nitrogens with zero attached hydrogens (tertiary/aromatic N) is 1. The van der Waals surface area contributed by atoms with E-state index >= 15 is 0 Å². The standard InChI is InChI=1S/C15H24N2O/c1-12-7-3-4-8-13(12)17-14(18)15(11-16)9-5-2-6-10-15/h12-13H,2-10H2,1H3,(H,17,18). The van der Waals surface area contributed by atoms with Crippen molar-refractivity contribution in [1.29, 1.82) is 5.26 Å². The third-order valence-electron chi connectivity index (χ3n) is 4.78. The van der Waals surface area contributed by atoms with Gasteiger partial charge in [0.05, 0.1) is 6.07 Å². The Bertz CT molecular complexity index is 339. The van der Waals surface area contributed by atoms with Crippen molar-refractivity contribution in [2.45, 2.75) is 70.8 Å². The van der Waals surface area contributed by atoms with Crippen LogP contribution >= 0.6 is 0 Å². The summed E-state index contributed by atoms with van der Waals surface area (Å²) in [6, 6.07) is 2.60. The highest BCUT2D eigenvalue weighted by Gasteiger charge is 2.41. The molecule has 18 heavy (non-hydrogen) atoms. The summed E-state index contributed by atoms with van der Waals surface area (Å²) in [6.07, 6.45) is 9.44. The molecule has 0 bridgehead atoms. The second-order valence-electron chi connectivity index (χ2n) is 6.10. The van der Waals surface area contributed by atoms with Crippen molar-refractivity contribution in [3.8, 4) is 6.07 Å². The highest BCUT2D eigenvalue weighted by atomic mass is 16.2. The lowest BCUT2D eigenvalue weighted by atomic mass is 9.74. The number of nitrogens with one attached hydrogen (secondary N) is 1. The summed E-state index contributed by atoms with van der Waals surface area (Å²) in [4.78, 5) is 12.4. The van der Waals surface area contributed by atoms with Crippen molar-refractivity contribution in [2.75, 3.05) is 0 Å². The van der Waals surface area contributed by atoms with Crippen molar-refractivity contribution in [2.24, 2.45) is 11.3 Å². The Morgan fingerprint density at radius 2 is 1.83 bits per heavy atom. The molecule has 2 fully saturated rings. The molecule has 0 spiro atoms. The summed E-state index contributed by atoms with van der Waals surface area (Å²) in [5.74, 6) is 0.561. The average Bonchev–Trinajstić information content (AvgIpc) is 2.42. The molecule has 2 atom stereocenters. The molecule has 3 heteroatoms. The Hall–Kier alpha value is -1.04. The number of amides is 1. The smallest absolute Gasteiger partial charge is 0.240 e. The topological polar surface area (TPSA) is 52.9 Å². The zero-order valence-corrected chi connectivity index (χ0v) is 11.4. The molecule has 0 aromatic rings. The molecule has 2 aliphatic rings. The van der Waals surface area contributed by atoms with E-state index in [4.69, 9.17) is 0 Å². The van der Waals surface area contributed by atoms with E-state index < -0.39 is 5.41 Å². The Balaban J connectivity index is 1.99. The summed E-state index contributed by atoms with van der Waals surface area (Å²) in [6.45, 7) is 2.21. The van der Waals surface area contributed by atoms with E-state index in [0.29, 0.717) is 12.0 Å². The minimum atomic E-state index is -0.727. The molecule has 3 nitrogen and oxygen atoms in total. The molecule has 1 amide bonds. The van der Waals surface area contributed by atoms with Gasteiger partial charge in [0.2, 0.25) is 5.91 Å². The SMILES string of the molecule is CC1CCCCC1NC(=O)C1(C#N)CCCCC1. The maximum atomic E-state index is 12.4. The molecule has 0 aromatic heterocycles. The molecule has 0 heterocycles. The lowest BCUT2D eigenvalue weighted by molar-refractivity contribution is -0.130. The normalized spacial score (nSPS) is 31.3. The third-order valence-corrected chi connectivity index (χ3v) is 4.78. The van der Waals surface area contributed by atoms with Gasteiger partial charge < -0.3 is 5.32 Å². The van der Waals surface area contributed by atoms with E-state index in [0.717, 1.165) is 38.5 Å². The Labute approximate surface area is 110 Å². The third kappa shape index (κ3) is 2.68. The second kappa shape index (κ2) is 5.73. The van der Waals surface area contributed by atoms with Gasteiger partial charge in [-0.1, -0.05) is 39.0 Å². The maximum Gasteiger partial charge on any atom is 0.240 e. The number of rotatable bonds is 2. The summed E-state index contributed by atoms with van der Waals surface area (Å²) in [5.41, 5.74) is -0.727. The van der Waals surface area contributed by atoms with Gasteiger partial charge in [-0.3, -0.25) is 4.79 Å². The van der Waals surface area contributed by atoms with Gasteiger partial charge in [0.1, 0.15) is 5.41 Å². The fourth-order valence-corrected chi connectivity index (χ4v) is 3.38. The van der Waals surface area contributed by atoms with Gasteiger partial charge in [-0.25, -0.2) is 0 Å². The Morgan fingerprint density at radius 3 is 2.44 bits per heavy atom. The molecular weight excluding hydrogens is 224 g/mol. The zero-order chi connectivity index (χ0) is 13.0. The van der Waals surface area contributed by atoms with Crippen LogP contribution in [0.4, 0.5) is 0 Å². The Morgan fingerprint density at radius 1 is 1.17 bits per heavy atom. The van der Waals surface area contributed by atoms with Crippen LogP contribution in [0.2, 0.25) is 0 Å². The molecular formula is C15H24N2O. The second-order valence-corrected chi connectivity index (χ2v) is 6.10. The largest absolute Gasteiger partial charge is 0.352 e. The van der Waals surface area contributed by atoms with Crippen LogP contribution in [0.5, 0.6) is 0 Å². The quantitative estimate of drug-likeness (QED) is 0.816. The zero-order valence-electron chi connectivity index (χ0n) is 11.4. The van der Waals surface area contributed by atoms with Crippen molar-refractivity contribution in [3.63, 3.8) is 0 Å². The molecule has 0 aliphatic heterocycles. The fraction of sp³-hybridized carbons (Fsp3) is 0.867. The van der Waals surface area contributed by atoms with Gasteiger partial charge in [0, 0.05) is 6.04 Å². The molecule has 2 aliphatic carbocycles. The van der Waals surface area contributed by atoms with Crippen molar-refractivity contribution in [3.05, 3.63) is 0 Å². The van der Waals surface area contributed by atoms with Gasteiger partial charge in [0.25, 0.3) is 0 Å². The number of hydrogen-bond donors (Lipinski definition) is 1. The van der Waals surface area contributed by atoms with Gasteiger partial charge in [-0.05, 0) is 31.6 Å². The summed E-state index contributed by atoms with van der Waals surface area (Å²) < 4.78 is 0. The number of carbonyl (C=O) groups excluding carboxylic acids is 1. The minimum Gasteiger partial charge on any atom is -0.352 e. The first-order chi connectivity index (χ1) is 8.68. The Kier molecular flexibility index (Phi) is 4.27. The van der Waals surface area contributed by atoms with Crippen LogP contribution in [0.15, 0.2) is 0 Å². The molecule has 1 N–H and O–H groups in total. The predicted molar refractivity (Wildman–Crippen MR) is 70.7 cm³/mol. The minimum absolute atomic E-state index is 0.00319. The van der Waals surface area contributed by atoms with Crippen molar-refractivity contribution in [1.82, 2.24) is 5.32 Å². The molecule has 2 unspecified atom stereocenters. The van der Waals surface area contributed by atoms with Gasteiger partial charge in [-0.2, -0.15) is 5.26 Å². The van der Waals surface area contributed by atoms with Gasteiger partial charge in [0.15, 0.2) is 0 Å². The van der Waals surface area contributed by atoms with E-state index in [9.17, 15) is 10.1 Å². The molecule has 0 saturated heterocycles. The first-order valence-corrected chi connectivity index (χ1v) is 7.40. The summed E-state index contributed by atoms with van der Waals surface area (Å²) >= 11 is 0. The average molecular weight is 248 g/mol. The van der Waals surface area contributed by atoms with Crippen LogP contribution in [-0.2, 0) is 4.79 Å². The highest BCUT2D eigenvalue weighted by Crippen LogP contribution is 2.36. The van der Waals surface area contributed by atoms with Crippen LogP contribution in [0.1, 0.15) is 64.7 Å². The summed E-state index contributed by atoms with van der Waals surface area (Å²) in [7, 11) is 0. The van der Waals surface area contributed by atoms with E-state index in [1.54, 1.807) is 0 Å². The monoisotopic (exact) mass is 248 g/mol. The lowest BCUT2D eigenvalue weighted by Crippen LogP contribution is -2.48. The summed E-state index contributed by atoms with van der Waals surface area (Å²) in [5, 5.41) is 12.6. The lowest BCUT2D eigenvalue weighted by Gasteiger charge is -2.35. The van der Waals surface area contributed by atoms with E-state index in [1.165, 1.54) is 19.3 Å². The van der Waals surface area contributed by atoms with Gasteiger partial charge in [-0.15, -0.1) is 0 Å². The van der Waals surface area contributed by atoms with Crippen LogP contribution in [0.25, 0.3) is 0 Å². The van der Waals surface area contributed by atoms with E-state index in [2.05, 4.69) is 18.3 Å². The number of carbonyl (C=O) groups is 1. The van der Waals surface area contributed by atoms with Crippen LogP contribution in [-0.4, -0.2) is 11.9 Å². The van der Waals surface area contributed by atoms with Crippen molar-refractivity contribution < 1.29 is 4.79 Å². The molecule has 0 radical (unpaired) electrons. The molecule has 2 saturated carbocycles. The maximum absolute atomic E-state index is 12.4. The molecule has 100 valence electrons.